The smallest absolute Gasteiger partial charge is 0.231 e. The summed E-state index contributed by atoms with van der Waals surface area (Å²) in [6, 6.07) is 25.3. The molecule has 0 fully saturated rings. The number of aromatic nitrogens is 2. The van der Waals surface area contributed by atoms with Gasteiger partial charge in [0.25, 0.3) is 0 Å². The molecule has 0 radical (unpaired) electrons. The van der Waals surface area contributed by atoms with Crippen molar-refractivity contribution in [3.63, 3.8) is 0 Å². The van der Waals surface area contributed by atoms with Gasteiger partial charge in [-0.2, -0.15) is 0 Å². The number of para-hydroxylation sites is 1. The number of nitrogens with zero attached hydrogens (tertiary/aromatic N) is 2. The fourth-order valence-electron chi connectivity index (χ4n) is 5.01. The predicted octanol–water partition coefficient (Wildman–Crippen LogP) is 6.17. The van der Waals surface area contributed by atoms with Gasteiger partial charge in [-0.15, -0.1) is 11.3 Å². The molecule has 6 heteroatoms. The van der Waals surface area contributed by atoms with E-state index in [-0.39, 0.29) is 12.8 Å². The second kappa shape index (κ2) is 7.39. The van der Waals surface area contributed by atoms with Crippen LogP contribution in [0.2, 0.25) is 0 Å². The minimum Gasteiger partial charge on any atom is -0.454 e. The van der Waals surface area contributed by atoms with Crippen LogP contribution in [0.3, 0.4) is 0 Å². The molecule has 1 unspecified atom stereocenters. The largest absolute Gasteiger partial charge is 0.454 e. The van der Waals surface area contributed by atoms with Crippen molar-refractivity contribution in [1.29, 1.82) is 0 Å². The Balaban J connectivity index is 1.37. The van der Waals surface area contributed by atoms with Crippen LogP contribution in [0.15, 0.2) is 78.2 Å². The zero-order valence-corrected chi connectivity index (χ0v) is 18.6. The summed E-state index contributed by atoms with van der Waals surface area (Å²) in [7, 11) is 0. The zero-order valence-electron chi connectivity index (χ0n) is 17.8. The van der Waals surface area contributed by atoms with E-state index in [1.54, 1.807) is 11.3 Å². The molecular weight excluding hydrogens is 430 g/mol. The molecule has 2 aliphatic rings. The highest BCUT2D eigenvalue weighted by Gasteiger charge is 2.34. The van der Waals surface area contributed by atoms with Crippen molar-refractivity contribution < 1.29 is 9.47 Å². The normalized spacial score (nSPS) is 16.8. The van der Waals surface area contributed by atoms with Gasteiger partial charge in [0.15, 0.2) is 16.6 Å². The van der Waals surface area contributed by atoms with E-state index < -0.39 is 0 Å². The summed E-state index contributed by atoms with van der Waals surface area (Å²) in [5.41, 5.74) is 7.13. The SMILES string of the molecule is c1ccc(-c2csc(N3CCc4c([nH]c5ccccc45)C3c3ccc4c(c3)OCO4)n2)cc1. The Morgan fingerprint density at radius 2 is 1.79 bits per heavy atom. The Kier molecular flexibility index (Phi) is 4.20. The number of ether oxygens (including phenoxy) is 2. The maximum absolute atomic E-state index is 5.72. The number of anilines is 1. The van der Waals surface area contributed by atoms with E-state index >= 15 is 0 Å². The van der Waals surface area contributed by atoms with Gasteiger partial charge in [-0.3, -0.25) is 0 Å². The highest BCUT2D eigenvalue weighted by atomic mass is 32.1. The highest BCUT2D eigenvalue weighted by Crippen LogP contribution is 2.44. The predicted molar refractivity (Wildman–Crippen MR) is 131 cm³/mol. The molecule has 162 valence electrons. The molecule has 2 aliphatic heterocycles. The molecule has 2 aromatic heterocycles. The standard InChI is InChI=1S/C27H21N3O2S/c1-2-6-17(7-3-1)22-15-33-27(29-22)30-13-12-20-19-8-4-5-9-21(19)28-25(20)26(30)18-10-11-23-24(14-18)32-16-31-23/h1-11,14-15,26,28H,12-13,16H2. The Labute approximate surface area is 195 Å². The fraction of sp³-hybridized carbons (Fsp3) is 0.148. The lowest BCUT2D eigenvalue weighted by molar-refractivity contribution is 0.174. The van der Waals surface area contributed by atoms with Crippen LogP contribution in [0.5, 0.6) is 11.5 Å². The zero-order chi connectivity index (χ0) is 21.8. The third-order valence-electron chi connectivity index (χ3n) is 6.55. The monoisotopic (exact) mass is 451 g/mol. The average Bonchev–Trinajstić information content (AvgIpc) is 3.61. The summed E-state index contributed by atoms with van der Waals surface area (Å²) < 4.78 is 11.3. The van der Waals surface area contributed by atoms with Gasteiger partial charge in [0.1, 0.15) is 0 Å². The van der Waals surface area contributed by atoms with Crippen LogP contribution in [-0.2, 0) is 6.42 Å². The summed E-state index contributed by atoms with van der Waals surface area (Å²) in [5.74, 6) is 1.61. The van der Waals surface area contributed by atoms with E-state index in [9.17, 15) is 0 Å². The van der Waals surface area contributed by atoms with Crippen molar-refractivity contribution in [2.24, 2.45) is 0 Å². The third-order valence-corrected chi connectivity index (χ3v) is 7.43. The molecule has 5 aromatic rings. The van der Waals surface area contributed by atoms with Gasteiger partial charge in [0.05, 0.1) is 11.7 Å². The van der Waals surface area contributed by atoms with Gasteiger partial charge in [0.2, 0.25) is 6.79 Å². The maximum atomic E-state index is 5.72. The third kappa shape index (κ3) is 3.02. The summed E-state index contributed by atoms with van der Waals surface area (Å²) in [5, 5.41) is 4.49. The molecule has 0 saturated carbocycles. The van der Waals surface area contributed by atoms with Crippen molar-refractivity contribution in [1.82, 2.24) is 9.97 Å². The first-order valence-corrected chi connectivity index (χ1v) is 12.0. The molecule has 33 heavy (non-hydrogen) atoms. The number of hydrogen-bond donors (Lipinski definition) is 1. The topological polar surface area (TPSA) is 50.4 Å². The van der Waals surface area contributed by atoms with Gasteiger partial charge in [0, 0.05) is 34.1 Å². The van der Waals surface area contributed by atoms with Gasteiger partial charge in [-0.1, -0.05) is 54.6 Å². The van der Waals surface area contributed by atoms with Gasteiger partial charge in [-0.05, 0) is 35.7 Å². The Morgan fingerprint density at radius 1 is 0.939 bits per heavy atom. The molecule has 0 bridgehead atoms. The number of rotatable bonds is 3. The number of benzene rings is 3. The summed E-state index contributed by atoms with van der Waals surface area (Å²) >= 11 is 1.70. The number of H-pyrrole nitrogens is 1. The molecule has 5 nitrogen and oxygen atoms in total. The van der Waals surface area contributed by atoms with Crippen molar-refractivity contribution >= 4 is 27.4 Å². The molecule has 3 aromatic carbocycles. The van der Waals surface area contributed by atoms with E-state index in [0.717, 1.165) is 40.9 Å². The average molecular weight is 452 g/mol. The van der Waals surface area contributed by atoms with Crippen LogP contribution in [0.25, 0.3) is 22.2 Å². The maximum Gasteiger partial charge on any atom is 0.231 e. The first-order valence-electron chi connectivity index (χ1n) is 11.1. The van der Waals surface area contributed by atoms with Crippen molar-refractivity contribution in [2.75, 3.05) is 18.2 Å². The molecule has 0 spiro atoms. The van der Waals surface area contributed by atoms with Crippen molar-refractivity contribution in [3.05, 3.63) is 95.0 Å². The highest BCUT2D eigenvalue weighted by molar-refractivity contribution is 7.14. The first-order chi connectivity index (χ1) is 16.3. The van der Waals surface area contributed by atoms with E-state index in [4.69, 9.17) is 14.5 Å². The number of nitrogens with one attached hydrogen (secondary N) is 1. The number of fused-ring (bicyclic) bond motifs is 4. The second-order valence-electron chi connectivity index (χ2n) is 8.40. The Morgan fingerprint density at radius 3 is 2.73 bits per heavy atom. The van der Waals surface area contributed by atoms with Gasteiger partial charge >= 0.3 is 0 Å². The quantitative estimate of drug-likeness (QED) is 0.356. The lowest BCUT2D eigenvalue weighted by Crippen LogP contribution is -2.36. The van der Waals surface area contributed by atoms with Crippen LogP contribution < -0.4 is 14.4 Å². The summed E-state index contributed by atoms with van der Waals surface area (Å²) in [4.78, 5) is 11.2. The summed E-state index contributed by atoms with van der Waals surface area (Å²) in [6.45, 7) is 1.17. The minimum atomic E-state index is 0.0189. The van der Waals surface area contributed by atoms with Crippen LogP contribution in [0.4, 0.5) is 5.13 Å². The van der Waals surface area contributed by atoms with Crippen LogP contribution >= 0.6 is 11.3 Å². The number of aromatic amines is 1. The van der Waals surface area contributed by atoms with Gasteiger partial charge < -0.3 is 19.4 Å². The lowest BCUT2D eigenvalue weighted by Gasteiger charge is -2.36. The molecule has 0 amide bonds. The lowest BCUT2D eigenvalue weighted by atomic mass is 9.92. The first kappa shape index (κ1) is 18.8. The van der Waals surface area contributed by atoms with Crippen molar-refractivity contribution in [2.45, 2.75) is 12.5 Å². The van der Waals surface area contributed by atoms with E-state index in [1.165, 1.54) is 27.7 Å². The number of thiazole rings is 1. The molecule has 1 N–H and O–H groups in total. The van der Waals surface area contributed by atoms with Crippen molar-refractivity contribution in [3.8, 4) is 22.8 Å². The van der Waals surface area contributed by atoms with Gasteiger partial charge in [-0.25, -0.2) is 4.98 Å². The van der Waals surface area contributed by atoms with Crippen LogP contribution in [0.1, 0.15) is 22.9 Å². The molecular formula is C27H21N3O2S. The van der Waals surface area contributed by atoms with E-state index in [0.29, 0.717) is 0 Å². The van der Waals surface area contributed by atoms with Crippen LogP contribution in [0, 0.1) is 0 Å². The minimum absolute atomic E-state index is 0.0189. The Hall–Kier alpha value is -3.77. The van der Waals surface area contributed by atoms with E-state index in [1.807, 2.05) is 12.1 Å². The Bertz CT molecular complexity index is 1470. The molecule has 4 heterocycles. The molecule has 1 atom stereocenters. The van der Waals surface area contributed by atoms with E-state index in [2.05, 4.69) is 75.9 Å². The molecule has 0 aliphatic carbocycles. The van der Waals surface area contributed by atoms with Crippen LogP contribution in [-0.4, -0.2) is 23.3 Å². The molecule has 0 saturated heterocycles. The summed E-state index contributed by atoms with van der Waals surface area (Å²) in [6.07, 6.45) is 0.973. The number of hydrogen-bond acceptors (Lipinski definition) is 5. The molecule has 7 rings (SSSR count). The second-order valence-corrected chi connectivity index (χ2v) is 9.24. The fourth-order valence-corrected chi connectivity index (χ4v) is 5.90.